The molecule has 42 heavy (non-hydrogen) atoms. The van der Waals surface area contributed by atoms with E-state index < -0.39 is 0 Å². The van der Waals surface area contributed by atoms with E-state index in [-0.39, 0.29) is 24.4 Å². The van der Waals surface area contributed by atoms with Crippen molar-refractivity contribution in [1.29, 1.82) is 0 Å². The summed E-state index contributed by atoms with van der Waals surface area (Å²) in [5, 5.41) is 2.95. The highest BCUT2D eigenvalue weighted by atomic mass is 16.5. The first-order valence-corrected chi connectivity index (χ1v) is 18.2. The number of methoxy groups -OCH3 is 1. The second-order valence-electron chi connectivity index (χ2n) is 12.4. The number of ether oxygens (including phenoxy) is 2. The minimum atomic E-state index is -0.0319. The van der Waals surface area contributed by atoms with Crippen molar-refractivity contribution >= 4 is 11.9 Å². The van der Waals surface area contributed by atoms with E-state index in [1.54, 1.807) is 7.11 Å². The maximum absolute atomic E-state index is 12.8. The number of nitrogens with zero attached hydrogens (tertiary/aromatic N) is 1. The van der Waals surface area contributed by atoms with Gasteiger partial charge in [-0.15, -0.1) is 0 Å². The first-order valence-electron chi connectivity index (χ1n) is 18.2. The molecule has 0 aromatic rings. The normalized spacial score (nSPS) is 12.1. The van der Waals surface area contributed by atoms with Crippen LogP contribution in [0.4, 0.5) is 0 Å². The van der Waals surface area contributed by atoms with Gasteiger partial charge in [-0.05, 0) is 58.2 Å². The summed E-state index contributed by atoms with van der Waals surface area (Å²) in [4.78, 5) is 27.0. The Bertz CT molecular complexity index is 587. The van der Waals surface area contributed by atoms with Crippen molar-refractivity contribution < 1.29 is 19.1 Å². The van der Waals surface area contributed by atoms with Crippen LogP contribution in [0, 0.1) is 5.92 Å². The monoisotopic (exact) mass is 597 g/mol. The number of esters is 1. The smallest absolute Gasteiger partial charge is 0.308 e. The quantitative estimate of drug-likeness (QED) is 0.0604. The van der Waals surface area contributed by atoms with Gasteiger partial charge in [0.25, 0.3) is 0 Å². The summed E-state index contributed by atoms with van der Waals surface area (Å²) in [5.41, 5.74) is 0. The number of hydrogen-bond acceptors (Lipinski definition) is 5. The maximum Gasteiger partial charge on any atom is 0.308 e. The van der Waals surface area contributed by atoms with Gasteiger partial charge in [0.1, 0.15) is 6.61 Å². The predicted octanol–water partition coefficient (Wildman–Crippen LogP) is 9.24. The average molecular weight is 597 g/mol. The van der Waals surface area contributed by atoms with E-state index in [4.69, 9.17) is 9.47 Å². The third-order valence-corrected chi connectivity index (χ3v) is 8.34. The van der Waals surface area contributed by atoms with Gasteiger partial charge >= 0.3 is 5.97 Å². The van der Waals surface area contributed by atoms with Crippen LogP contribution in [-0.4, -0.2) is 63.3 Å². The molecule has 0 saturated heterocycles. The van der Waals surface area contributed by atoms with Gasteiger partial charge in [-0.1, -0.05) is 130 Å². The van der Waals surface area contributed by atoms with Gasteiger partial charge in [0.05, 0.1) is 12.5 Å². The number of amides is 1. The van der Waals surface area contributed by atoms with Crippen molar-refractivity contribution in [3.63, 3.8) is 0 Å². The molecule has 1 N–H and O–H groups in total. The van der Waals surface area contributed by atoms with Crippen LogP contribution in [0.1, 0.15) is 168 Å². The van der Waals surface area contributed by atoms with Crippen molar-refractivity contribution in [3.8, 4) is 0 Å². The number of carbonyl (C=O) groups excluding carboxylic acids is 2. The fourth-order valence-electron chi connectivity index (χ4n) is 5.61. The highest BCUT2D eigenvalue weighted by molar-refractivity contribution is 5.77. The average Bonchev–Trinajstić information content (AvgIpc) is 2.98. The van der Waals surface area contributed by atoms with E-state index in [1.165, 1.54) is 103 Å². The molecule has 0 aliphatic carbocycles. The second-order valence-corrected chi connectivity index (χ2v) is 12.4. The fraction of sp³-hybridized carbons (Fsp3) is 0.944. The van der Waals surface area contributed by atoms with Crippen molar-refractivity contribution in [2.45, 2.75) is 168 Å². The Hall–Kier alpha value is -1.14. The first kappa shape index (κ1) is 40.9. The summed E-state index contributed by atoms with van der Waals surface area (Å²) in [6, 6.07) is 0. The van der Waals surface area contributed by atoms with E-state index in [9.17, 15) is 9.59 Å². The fourth-order valence-corrected chi connectivity index (χ4v) is 5.61. The number of hydrogen-bond donors (Lipinski definition) is 1. The van der Waals surface area contributed by atoms with Gasteiger partial charge in [-0.25, -0.2) is 0 Å². The molecule has 1 unspecified atom stereocenters. The molecule has 250 valence electrons. The van der Waals surface area contributed by atoms with E-state index >= 15 is 0 Å². The van der Waals surface area contributed by atoms with Gasteiger partial charge < -0.3 is 19.7 Å². The van der Waals surface area contributed by atoms with Crippen molar-refractivity contribution in [2.75, 3.05) is 46.5 Å². The molecule has 0 fully saturated rings. The van der Waals surface area contributed by atoms with Gasteiger partial charge in [0.15, 0.2) is 0 Å². The minimum absolute atomic E-state index is 0.0319. The molecule has 0 spiro atoms. The van der Waals surface area contributed by atoms with Crippen LogP contribution in [0.25, 0.3) is 0 Å². The molecule has 0 aromatic carbocycles. The zero-order valence-corrected chi connectivity index (χ0v) is 28.7. The number of carbonyl (C=O) groups is 2. The Morgan fingerprint density at radius 1 is 0.595 bits per heavy atom. The Morgan fingerprint density at radius 3 is 1.60 bits per heavy atom. The predicted molar refractivity (Wildman–Crippen MR) is 179 cm³/mol. The molecule has 0 aliphatic heterocycles. The summed E-state index contributed by atoms with van der Waals surface area (Å²) < 4.78 is 10.7. The molecule has 0 rings (SSSR count). The largest absolute Gasteiger partial charge is 0.465 e. The molecule has 0 radical (unpaired) electrons. The van der Waals surface area contributed by atoms with Gasteiger partial charge in [0, 0.05) is 13.7 Å². The number of rotatable bonds is 33. The molecule has 0 aliphatic rings. The Labute approximate surface area is 261 Å². The lowest BCUT2D eigenvalue weighted by Crippen LogP contribution is -2.32. The lowest BCUT2D eigenvalue weighted by Gasteiger charge is -2.22. The van der Waals surface area contributed by atoms with Gasteiger partial charge in [-0.3, -0.25) is 9.59 Å². The summed E-state index contributed by atoms with van der Waals surface area (Å²) in [6.45, 7) is 11.5. The van der Waals surface area contributed by atoms with E-state index in [0.717, 1.165) is 64.6 Å². The van der Waals surface area contributed by atoms with Crippen LogP contribution in [0.3, 0.4) is 0 Å². The standard InChI is InChI=1S/C36H72N2O4/c1-5-8-11-14-17-22-29-38(31-25-28-37-35(39)33-41-4)30-23-18-15-19-24-32-42-36(40)34(26-20-13-10-7-3)27-21-16-12-9-6-2/h34H,5-33H2,1-4H3,(H,37,39). The van der Waals surface area contributed by atoms with Crippen LogP contribution in [-0.2, 0) is 19.1 Å². The third-order valence-electron chi connectivity index (χ3n) is 8.34. The van der Waals surface area contributed by atoms with Crippen LogP contribution >= 0.6 is 0 Å². The summed E-state index contributed by atoms with van der Waals surface area (Å²) in [6.07, 6.45) is 27.8. The van der Waals surface area contributed by atoms with Crippen LogP contribution in [0.2, 0.25) is 0 Å². The van der Waals surface area contributed by atoms with Crippen LogP contribution in [0.15, 0.2) is 0 Å². The molecule has 1 atom stereocenters. The molecule has 0 bridgehead atoms. The topological polar surface area (TPSA) is 67.9 Å². The summed E-state index contributed by atoms with van der Waals surface area (Å²) >= 11 is 0. The molecule has 0 aromatic heterocycles. The van der Waals surface area contributed by atoms with Crippen LogP contribution < -0.4 is 5.32 Å². The first-order chi connectivity index (χ1) is 20.6. The Kier molecular flexibility index (Phi) is 31.9. The SMILES string of the molecule is CCCCCCCCN(CCCCCCCOC(=O)C(CCCCCC)CCCCCCC)CCCNC(=O)COC. The number of nitrogens with one attached hydrogen (secondary N) is 1. The highest BCUT2D eigenvalue weighted by Crippen LogP contribution is 2.20. The van der Waals surface area contributed by atoms with Crippen molar-refractivity contribution in [3.05, 3.63) is 0 Å². The minimum Gasteiger partial charge on any atom is -0.465 e. The molecule has 1 amide bonds. The van der Waals surface area contributed by atoms with Gasteiger partial charge in [0.2, 0.25) is 5.91 Å². The molecular formula is C36H72N2O4. The second kappa shape index (κ2) is 32.8. The van der Waals surface area contributed by atoms with Crippen LogP contribution in [0.5, 0.6) is 0 Å². The zero-order valence-electron chi connectivity index (χ0n) is 28.7. The van der Waals surface area contributed by atoms with E-state index in [0.29, 0.717) is 13.2 Å². The van der Waals surface area contributed by atoms with Crippen molar-refractivity contribution in [1.82, 2.24) is 10.2 Å². The van der Waals surface area contributed by atoms with Gasteiger partial charge in [-0.2, -0.15) is 0 Å². The molecule has 6 heteroatoms. The Balaban J connectivity index is 4.21. The lowest BCUT2D eigenvalue weighted by molar-refractivity contribution is -0.149. The molecule has 0 saturated carbocycles. The third kappa shape index (κ3) is 27.7. The van der Waals surface area contributed by atoms with E-state index in [1.807, 2.05) is 0 Å². The maximum atomic E-state index is 12.8. The highest BCUT2D eigenvalue weighted by Gasteiger charge is 2.19. The zero-order chi connectivity index (χ0) is 30.9. The molecular weight excluding hydrogens is 524 g/mol. The molecule has 6 nitrogen and oxygen atoms in total. The van der Waals surface area contributed by atoms with E-state index in [2.05, 4.69) is 31.0 Å². The lowest BCUT2D eigenvalue weighted by atomic mass is 9.94. The summed E-state index contributed by atoms with van der Waals surface area (Å²) in [5.74, 6) is 0.135. The Morgan fingerprint density at radius 2 is 1.05 bits per heavy atom. The molecule has 0 heterocycles. The summed E-state index contributed by atoms with van der Waals surface area (Å²) in [7, 11) is 1.55. The number of unbranched alkanes of at least 4 members (excludes halogenated alkanes) is 16. The van der Waals surface area contributed by atoms with Crippen molar-refractivity contribution in [2.24, 2.45) is 5.92 Å².